The Morgan fingerprint density at radius 2 is 0.870 bits per heavy atom. The number of hydrogen-bond donors (Lipinski definition) is 1. The van der Waals surface area contributed by atoms with E-state index in [0.717, 1.165) is 28.0 Å². The van der Waals surface area contributed by atoms with E-state index in [1.54, 1.807) is 0 Å². The maximum absolute atomic E-state index is 6.78. The third-order valence-electron chi connectivity index (χ3n) is 7.35. The number of nitrogens with one attached hydrogen (secondary N) is 1. The lowest BCUT2D eigenvalue weighted by Gasteiger charge is -2.22. The Morgan fingerprint density at radius 3 is 1.35 bits per heavy atom. The molecule has 0 saturated carbocycles. The molecule has 0 aliphatic carbocycles. The summed E-state index contributed by atoms with van der Waals surface area (Å²) in [7, 11) is 0. The zero-order valence-electron chi connectivity index (χ0n) is 24.8. The number of rotatable bonds is 8. The van der Waals surface area contributed by atoms with Crippen LogP contribution in [0, 0.1) is 0 Å². The number of amidine groups is 2. The molecule has 6 aromatic carbocycles. The number of nitrogens with zero attached hydrogens (tertiary/aromatic N) is 3. The second-order valence-electron chi connectivity index (χ2n) is 10.4. The summed E-state index contributed by atoms with van der Waals surface area (Å²) in [6, 6.07) is 55.4. The SMILES string of the molecule is Clc1ccccc1/C(N=C(c1ccccc1)c1ccccc1)=N/N=C(\NC(c1ccccc1)c1ccccc1)c1ccccc1Cl. The number of benzene rings is 6. The molecule has 6 heteroatoms. The minimum absolute atomic E-state index is 0.232. The summed E-state index contributed by atoms with van der Waals surface area (Å²) in [5.41, 5.74) is 6.12. The first-order chi connectivity index (χ1) is 22.7. The molecule has 0 bridgehead atoms. The quantitative estimate of drug-likeness (QED) is 0.101. The van der Waals surface area contributed by atoms with E-state index in [0.29, 0.717) is 32.8 Å². The summed E-state index contributed by atoms with van der Waals surface area (Å²) >= 11 is 13.5. The highest BCUT2D eigenvalue weighted by atomic mass is 35.5. The van der Waals surface area contributed by atoms with Gasteiger partial charge in [-0.2, -0.15) is 0 Å². The van der Waals surface area contributed by atoms with Crippen LogP contribution in [-0.2, 0) is 0 Å². The molecular formula is C40H30Cl2N4. The molecule has 46 heavy (non-hydrogen) atoms. The van der Waals surface area contributed by atoms with Crippen LogP contribution in [0.5, 0.6) is 0 Å². The molecule has 0 radical (unpaired) electrons. The van der Waals surface area contributed by atoms with Crippen molar-refractivity contribution in [3.63, 3.8) is 0 Å². The molecule has 0 aliphatic heterocycles. The van der Waals surface area contributed by atoms with Crippen LogP contribution in [0.25, 0.3) is 0 Å². The zero-order chi connectivity index (χ0) is 31.6. The molecule has 0 aromatic heterocycles. The van der Waals surface area contributed by atoms with Crippen LogP contribution in [0.3, 0.4) is 0 Å². The van der Waals surface area contributed by atoms with Crippen molar-refractivity contribution < 1.29 is 0 Å². The van der Waals surface area contributed by atoms with Crippen LogP contribution in [0.2, 0.25) is 10.0 Å². The van der Waals surface area contributed by atoms with Gasteiger partial charge in [0.15, 0.2) is 11.7 Å². The second-order valence-corrected chi connectivity index (χ2v) is 11.2. The average molecular weight is 638 g/mol. The summed E-state index contributed by atoms with van der Waals surface area (Å²) in [5, 5.41) is 14.4. The lowest BCUT2D eigenvalue weighted by molar-refractivity contribution is 0.759. The predicted molar refractivity (Wildman–Crippen MR) is 192 cm³/mol. The van der Waals surface area contributed by atoms with Crippen LogP contribution in [-0.4, -0.2) is 17.4 Å². The first-order valence-electron chi connectivity index (χ1n) is 14.9. The molecule has 0 atom stereocenters. The number of aliphatic imine (C=N–C) groups is 1. The van der Waals surface area contributed by atoms with E-state index in [-0.39, 0.29) is 6.04 Å². The van der Waals surface area contributed by atoms with Crippen LogP contribution < -0.4 is 5.32 Å². The lowest BCUT2D eigenvalue weighted by Crippen LogP contribution is -2.30. The first kappa shape index (κ1) is 30.7. The van der Waals surface area contributed by atoms with Gasteiger partial charge in [0.2, 0.25) is 0 Å². The van der Waals surface area contributed by atoms with E-state index >= 15 is 0 Å². The van der Waals surface area contributed by atoms with E-state index in [1.807, 2.05) is 146 Å². The smallest absolute Gasteiger partial charge is 0.183 e. The highest BCUT2D eigenvalue weighted by Gasteiger charge is 2.19. The molecular weight excluding hydrogens is 607 g/mol. The van der Waals surface area contributed by atoms with Gasteiger partial charge in [0.05, 0.1) is 21.8 Å². The van der Waals surface area contributed by atoms with Gasteiger partial charge in [0.25, 0.3) is 0 Å². The summed E-state index contributed by atoms with van der Waals surface area (Å²) < 4.78 is 0. The van der Waals surface area contributed by atoms with Crippen molar-refractivity contribution in [3.05, 3.63) is 213 Å². The van der Waals surface area contributed by atoms with Crippen molar-refractivity contribution in [1.29, 1.82) is 0 Å². The number of halogens is 2. The van der Waals surface area contributed by atoms with E-state index in [4.69, 9.17) is 38.4 Å². The molecule has 0 fully saturated rings. The van der Waals surface area contributed by atoms with E-state index in [1.165, 1.54) is 0 Å². The first-order valence-corrected chi connectivity index (χ1v) is 15.6. The molecule has 0 heterocycles. The van der Waals surface area contributed by atoms with Gasteiger partial charge in [0, 0.05) is 22.3 Å². The van der Waals surface area contributed by atoms with Gasteiger partial charge < -0.3 is 5.32 Å². The molecule has 0 aliphatic rings. The fourth-order valence-electron chi connectivity index (χ4n) is 5.07. The highest BCUT2D eigenvalue weighted by molar-refractivity contribution is 6.35. The standard InChI is InChI=1S/C40H30Cl2N4/c41-35-27-15-13-25-33(35)39(43-37(29-17-5-1-6-18-29)30-19-7-2-8-20-30)45-46-40(34-26-14-16-28-36(34)42)44-38(31-21-9-3-10-22-31)32-23-11-4-12-24-32/h1-28,37H,(H,43,45)/b46-40-. The Labute approximate surface area is 279 Å². The maximum Gasteiger partial charge on any atom is 0.183 e. The monoisotopic (exact) mass is 636 g/mol. The molecule has 6 aromatic rings. The van der Waals surface area contributed by atoms with Gasteiger partial charge in [-0.3, -0.25) is 0 Å². The van der Waals surface area contributed by atoms with Gasteiger partial charge in [-0.05, 0) is 35.4 Å². The summed E-state index contributed by atoms with van der Waals surface area (Å²) in [6.07, 6.45) is 0. The third-order valence-corrected chi connectivity index (χ3v) is 8.01. The molecule has 0 saturated heterocycles. The van der Waals surface area contributed by atoms with Crippen molar-refractivity contribution >= 4 is 40.6 Å². The molecule has 0 spiro atoms. The van der Waals surface area contributed by atoms with Crippen molar-refractivity contribution in [2.45, 2.75) is 6.04 Å². The van der Waals surface area contributed by atoms with Crippen LogP contribution in [0.1, 0.15) is 39.4 Å². The average Bonchev–Trinajstić information content (AvgIpc) is 3.12. The highest BCUT2D eigenvalue weighted by Crippen LogP contribution is 2.25. The topological polar surface area (TPSA) is 49.1 Å². The van der Waals surface area contributed by atoms with Crippen LogP contribution in [0.15, 0.2) is 185 Å². The van der Waals surface area contributed by atoms with Crippen LogP contribution in [0.4, 0.5) is 0 Å². The Balaban J connectivity index is 1.55. The van der Waals surface area contributed by atoms with Crippen molar-refractivity contribution in [2.24, 2.45) is 15.2 Å². The fraction of sp³-hybridized carbons (Fsp3) is 0.0250. The summed E-state index contributed by atoms with van der Waals surface area (Å²) in [4.78, 5) is 5.15. The molecule has 0 unspecified atom stereocenters. The molecule has 4 nitrogen and oxygen atoms in total. The normalized spacial score (nSPS) is 11.7. The molecule has 1 N–H and O–H groups in total. The predicted octanol–water partition coefficient (Wildman–Crippen LogP) is 10.0. The van der Waals surface area contributed by atoms with Crippen molar-refractivity contribution in [1.82, 2.24) is 5.32 Å². The van der Waals surface area contributed by atoms with Crippen LogP contribution >= 0.6 is 23.2 Å². The van der Waals surface area contributed by atoms with E-state index < -0.39 is 0 Å². The van der Waals surface area contributed by atoms with E-state index in [2.05, 4.69) is 29.6 Å². The summed E-state index contributed by atoms with van der Waals surface area (Å²) in [5.74, 6) is 0.847. The Kier molecular flexibility index (Phi) is 10.1. The van der Waals surface area contributed by atoms with E-state index in [9.17, 15) is 0 Å². The van der Waals surface area contributed by atoms with Gasteiger partial charge in [-0.15, -0.1) is 10.2 Å². The minimum Gasteiger partial charge on any atom is -0.357 e. The van der Waals surface area contributed by atoms with Gasteiger partial charge in [0.1, 0.15) is 0 Å². The minimum atomic E-state index is -0.232. The largest absolute Gasteiger partial charge is 0.357 e. The molecule has 0 amide bonds. The number of hydrogen-bond acceptors (Lipinski definition) is 2. The third kappa shape index (κ3) is 7.49. The second kappa shape index (κ2) is 15.1. The molecule has 224 valence electrons. The molecule has 6 rings (SSSR count). The van der Waals surface area contributed by atoms with Gasteiger partial charge in [-0.1, -0.05) is 169 Å². The zero-order valence-corrected chi connectivity index (χ0v) is 26.4. The Hall–Kier alpha value is -5.29. The van der Waals surface area contributed by atoms with Crippen molar-refractivity contribution in [3.8, 4) is 0 Å². The fourth-order valence-corrected chi connectivity index (χ4v) is 5.52. The Morgan fingerprint density at radius 1 is 0.457 bits per heavy atom. The Bertz CT molecular complexity index is 1890. The summed E-state index contributed by atoms with van der Waals surface area (Å²) in [6.45, 7) is 0. The lowest BCUT2D eigenvalue weighted by atomic mass is 9.98. The van der Waals surface area contributed by atoms with Crippen molar-refractivity contribution in [2.75, 3.05) is 0 Å². The van der Waals surface area contributed by atoms with Gasteiger partial charge in [-0.25, -0.2) is 4.99 Å². The van der Waals surface area contributed by atoms with Gasteiger partial charge >= 0.3 is 0 Å². The maximum atomic E-state index is 6.78.